The Balaban J connectivity index is 1.80. The van der Waals surface area contributed by atoms with E-state index in [4.69, 9.17) is 14.2 Å². The third-order valence-corrected chi connectivity index (χ3v) is 5.41. The molecule has 1 heterocycles. The van der Waals surface area contributed by atoms with E-state index in [9.17, 15) is 9.59 Å². The molecule has 0 unspecified atom stereocenters. The van der Waals surface area contributed by atoms with Crippen LogP contribution in [-0.2, 0) is 9.59 Å². The fourth-order valence-corrected chi connectivity index (χ4v) is 3.66. The van der Waals surface area contributed by atoms with Crippen LogP contribution in [-0.4, -0.2) is 33.1 Å². The SMILES string of the molecule is COc1ccc(C2=C(Nc3ccc(OC)c(OC)c3)C(=O)N(c3ccc(C)cc3)C2=O)cc1. The van der Waals surface area contributed by atoms with Gasteiger partial charge in [-0.1, -0.05) is 29.8 Å². The Morgan fingerprint density at radius 2 is 1.39 bits per heavy atom. The first-order valence-electron chi connectivity index (χ1n) is 10.3. The summed E-state index contributed by atoms with van der Waals surface area (Å²) in [5, 5.41) is 3.14. The molecule has 2 amide bonds. The first kappa shape index (κ1) is 22.0. The average molecular weight is 444 g/mol. The Hall–Kier alpha value is -4.26. The van der Waals surface area contributed by atoms with Gasteiger partial charge in [-0.25, -0.2) is 4.90 Å². The Labute approximate surface area is 192 Å². The first-order chi connectivity index (χ1) is 16.0. The molecule has 1 aliphatic heterocycles. The molecule has 4 rings (SSSR count). The summed E-state index contributed by atoms with van der Waals surface area (Å²) >= 11 is 0. The van der Waals surface area contributed by atoms with Crippen LogP contribution in [0.2, 0.25) is 0 Å². The quantitative estimate of drug-likeness (QED) is 0.544. The highest BCUT2D eigenvalue weighted by Gasteiger charge is 2.40. The number of methoxy groups -OCH3 is 3. The van der Waals surface area contributed by atoms with Crippen molar-refractivity contribution in [3.8, 4) is 17.2 Å². The van der Waals surface area contributed by atoms with Gasteiger partial charge in [-0.05, 0) is 48.9 Å². The third kappa shape index (κ3) is 4.13. The molecule has 0 aliphatic carbocycles. The Kier molecular flexibility index (Phi) is 6.04. The van der Waals surface area contributed by atoms with Crippen LogP contribution in [0.4, 0.5) is 11.4 Å². The van der Waals surface area contributed by atoms with E-state index in [0.29, 0.717) is 34.2 Å². The summed E-state index contributed by atoms with van der Waals surface area (Å²) in [5.41, 5.74) is 3.18. The van der Waals surface area contributed by atoms with Crippen molar-refractivity contribution >= 4 is 28.8 Å². The normalized spacial score (nSPS) is 13.4. The second-order valence-corrected chi connectivity index (χ2v) is 7.45. The molecule has 7 heteroatoms. The molecule has 0 bridgehead atoms. The Bertz CT molecular complexity index is 1230. The molecular formula is C26H24N2O5. The van der Waals surface area contributed by atoms with Crippen LogP contribution in [0.25, 0.3) is 5.57 Å². The minimum Gasteiger partial charge on any atom is -0.497 e. The van der Waals surface area contributed by atoms with Crippen molar-refractivity contribution in [3.05, 3.63) is 83.6 Å². The lowest BCUT2D eigenvalue weighted by Gasteiger charge is -2.16. The second-order valence-electron chi connectivity index (χ2n) is 7.45. The minimum atomic E-state index is -0.440. The molecule has 0 atom stereocenters. The summed E-state index contributed by atoms with van der Waals surface area (Å²) < 4.78 is 15.9. The highest BCUT2D eigenvalue weighted by Crippen LogP contribution is 2.36. The number of carbonyl (C=O) groups is 2. The predicted octanol–water partition coefficient (Wildman–Crippen LogP) is 4.42. The maximum Gasteiger partial charge on any atom is 0.282 e. The molecule has 0 saturated carbocycles. The largest absolute Gasteiger partial charge is 0.497 e. The van der Waals surface area contributed by atoms with Gasteiger partial charge in [0.15, 0.2) is 11.5 Å². The second kappa shape index (κ2) is 9.08. The van der Waals surface area contributed by atoms with Gasteiger partial charge in [0.05, 0.1) is 32.6 Å². The first-order valence-corrected chi connectivity index (χ1v) is 10.3. The van der Waals surface area contributed by atoms with Crippen LogP contribution in [0.1, 0.15) is 11.1 Å². The molecule has 7 nitrogen and oxygen atoms in total. The smallest absolute Gasteiger partial charge is 0.282 e. The van der Waals surface area contributed by atoms with Crippen LogP contribution in [0.3, 0.4) is 0 Å². The van der Waals surface area contributed by atoms with Crippen molar-refractivity contribution in [1.82, 2.24) is 0 Å². The summed E-state index contributed by atoms with van der Waals surface area (Å²) in [6, 6.07) is 19.5. The maximum atomic E-state index is 13.5. The van der Waals surface area contributed by atoms with Gasteiger partial charge in [0.1, 0.15) is 11.4 Å². The van der Waals surface area contributed by atoms with Gasteiger partial charge >= 0.3 is 0 Å². The van der Waals surface area contributed by atoms with E-state index in [1.807, 2.05) is 19.1 Å². The molecule has 0 aromatic heterocycles. The van der Waals surface area contributed by atoms with Crippen molar-refractivity contribution in [3.63, 3.8) is 0 Å². The van der Waals surface area contributed by atoms with Gasteiger partial charge in [-0.3, -0.25) is 9.59 Å². The number of carbonyl (C=O) groups excluding carboxylic acids is 2. The number of nitrogens with zero attached hydrogens (tertiary/aromatic N) is 1. The zero-order valence-electron chi connectivity index (χ0n) is 18.8. The third-order valence-electron chi connectivity index (χ3n) is 5.41. The van der Waals surface area contributed by atoms with E-state index < -0.39 is 11.8 Å². The van der Waals surface area contributed by atoms with Gasteiger partial charge in [-0.2, -0.15) is 0 Å². The minimum absolute atomic E-state index is 0.179. The topological polar surface area (TPSA) is 77.1 Å². The molecule has 1 N–H and O–H groups in total. The highest BCUT2D eigenvalue weighted by molar-refractivity contribution is 6.46. The van der Waals surface area contributed by atoms with Gasteiger partial charge in [-0.15, -0.1) is 0 Å². The molecule has 0 spiro atoms. The van der Waals surface area contributed by atoms with Crippen molar-refractivity contribution in [2.24, 2.45) is 0 Å². The standard InChI is InChI=1S/C26H24N2O5/c1-16-5-10-19(11-6-16)28-25(29)23(17-7-12-20(31-2)13-8-17)24(26(28)30)27-18-9-14-21(32-3)22(15-18)33-4/h5-15,27H,1-4H3. The van der Waals surface area contributed by atoms with E-state index in [1.54, 1.807) is 68.8 Å². The maximum absolute atomic E-state index is 13.5. The van der Waals surface area contributed by atoms with Crippen molar-refractivity contribution in [2.45, 2.75) is 6.92 Å². The molecule has 0 saturated heterocycles. The zero-order chi connectivity index (χ0) is 23.5. The molecule has 168 valence electrons. The number of nitrogens with one attached hydrogen (secondary N) is 1. The number of rotatable bonds is 7. The van der Waals surface area contributed by atoms with Crippen LogP contribution in [0.5, 0.6) is 17.2 Å². The fraction of sp³-hybridized carbons (Fsp3) is 0.154. The van der Waals surface area contributed by atoms with Gasteiger partial charge < -0.3 is 19.5 Å². The van der Waals surface area contributed by atoms with Crippen LogP contribution in [0.15, 0.2) is 72.4 Å². The lowest BCUT2D eigenvalue weighted by molar-refractivity contribution is -0.120. The van der Waals surface area contributed by atoms with Gasteiger partial charge in [0, 0.05) is 11.8 Å². The van der Waals surface area contributed by atoms with Crippen LogP contribution in [0, 0.1) is 6.92 Å². The number of imide groups is 1. The molecular weight excluding hydrogens is 420 g/mol. The van der Waals surface area contributed by atoms with Crippen LogP contribution < -0.4 is 24.4 Å². The Morgan fingerprint density at radius 1 is 0.727 bits per heavy atom. The van der Waals surface area contributed by atoms with E-state index in [1.165, 1.54) is 12.0 Å². The lowest BCUT2D eigenvalue weighted by Crippen LogP contribution is -2.32. The summed E-state index contributed by atoms with van der Waals surface area (Å²) in [6.07, 6.45) is 0. The monoisotopic (exact) mass is 444 g/mol. The number of anilines is 2. The highest BCUT2D eigenvalue weighted by atomic mass is 16.5. The van der Waals surface area contributed by atoms with E-state index >= 15 is 0 Å². The molecule has 3 aromatic rings. The molecule has 0 fully saturated rings. The fourth-order valence-electron chi connectivity index (χ4n) is 3.66. The Morgan fingerprint density at radius 3 is 2.00 bits per heavy atom. The summed E-state index contributed by atoms with van der Waals surface area (Å²) in [7, 11) is 4.66. The van der Waals surface area contributed by atoms with Crippen LogP contribution >= 0.6 is 0 Å². The molecule has 1 aliphatic rings. The van der Waals surface area contributed by atoms with Gasteiger partial charge in [0.25, 0.3) is 11.8 Å². The number of amides is 2. The number of ether oxygens (including phenoxy) is 3. The van der Waals surface area contributed by atoms with Crippen molar-refractivity contribution in [1.29, 1.82) is 0 Å². The number of hydrogen-bond acceptors (Lipinski definition) is 6. The van der Waals surface area contributed by atoms with Gasteiger partial charge in [0.2, 0.25) is 0 Å². The van der Waals surface area contributed by atoms with Crippen molar-refractivity contribution in [2.75, 3.05) is 31.5 Å². The molecule has 3 aromatic carbocycles. The molecule has 33 heavy (non-hydrogen) atoms. The number of hydrogen-bond donors (Lipinski definition) is 1. The summed E-state index contributed by atoms with van der Waals surface area (Å²) in [5.74, 6) is 0.867. The predicted molar refractivity (Wildman–Crippen MR) is 127 cm³/mol. The number of aryl methyl sites for hydroxylation is 1. The van der Waals surface area contributed by atoms with E-state index in [2.05, 4.69) is 5.32 Å². The number of benzene rings is 3. The van der Waals surface area contributed by atoms with E-state index in [0.717, 1.165) is 5.56 Å². The van der Waals surface area contributed by atoms with E-state index in [-0.39, 0.29) is 11.3 Å². The van der Waals surface area contributed by atoms with Crippen molar-refractivity contribution < 1.29 is 23.8 Å². The molecule has 0 radical (unpaired) electrons. The summed E-state index contributed by atoms with van der Waals surface area (Å²) in [4.78, 5) is 28.2. The lowest BCUT2D eigenvalue weighted by atomic mass is 10.0. The zero-order valence-corrected chi connectivity index (χ0v) is 18.8. The average Bonchev–Trinajstić information content (AvgIpc) is 3.08. The summed E-state index contributed by atoms with van der Waals surface area (Å²) in [6.45, 7) is 1.95.